The van der Waals surface area contributed by atoms with Crippen LogP contribution in [0.1, 0.15) is 143 Å². The van der Waals surface area contributed by atoms with Gasteiger partial charge in [-0.25, -0.2) is 9.97 Å². The van der Waals surface area contributed by atoms with E-state index in [9.17, 15) is 4.79 Å². The molecule has 10 aromatic rings. The second kappa shape index (κ2) is 28.1. The van der Waals surface area contributed by atoms with E-state index in [1.807, 2.05) is 95.9 Å². The Kier molecular flexibility index (Phi) is 18.3. The van der Waals surface area contributed by atoms with Crippen molar-refractivity contribution in [3.8, 4) is 23.0 Å². The van der Waals surface area contributed by atoms with Crippen molar-refractivity contribution in [3.63, 3.8) is 0 Å². The number of anilines is 2. The van der Waals surface area contributed by atoms with E-state index in [4.69, 9.17) is 60.9 Å². The van der Waals surface area contributed by atoms with Crippen LogP contribution in [0.3, 0.4) is 0 Å². The average Bonchev–Trinajstić information content (AvgIpc) is 1.59. The van der Waals surface area contributed by atoms with Crippen molar-refractivity contribution >= 4 is 120 Å². The maximum atomic E-state index is 15.8. The third-order valence-electron chi connectivity index (χ3n) is 20.5. The van der Waals surface area contributed by atoms with Crippen LogP contribution >= 0.6 is 46.4 Å². The normalized spacial score (nSPS) is 18.7. The maximum absolute atomic E-state index is 15.8. The molecule has 0 radical (unpaired) electrons. The predicted molar refractivity (Wildman–Crippen MR) is 404 cm³/mol. The predicted octanol–water partition coefficient (Wildman–Crippen LogP) is 19.1. The number of benzene rings is 6. The molecule has 2 saturated heterocycles. The van der Waals surface area contributed by atoms with Gasteiger partial charge in [0.25, 0.3) is 11.8 Å². The Balaban J connectivity index is 0.799. The van der Waals surface area contributed by atoms with Gasteiger partial charge in [-0.1, -0.05) is 145 Å². The Morgan fingerprint density at radius 3 is 1.68 bits per heavy atom. The van der Waals surface area contributed by atoms with Crippen LogP contribution in [0.5, 0.6) is 11.8 Å². The van der Waals surface area contributed by atoms with Crippen molar-refractivity contribution < 1.29 is 23.9 Å². The van der Waals surface area contributed by atoms with Crippen molar-refractivity contribution in [2.75, 3.05) is 56.6 Å². The summed E-state index contributed by atoms with van der Waals surface area (Å²) in [5.74, 6) is -0.0492. The first-order valence-corrected chi connectivity index (χ1v) is 36.4. The molecular formula is C82H74Cl4N10O5. The number of fused-ring (bicyclic) bond motifs is 4. The SMILES string of the molecule is CC1CC=CN2C(=C1c1cccc(-c3ccc(NC(=O)c4[nH]c5cc(Cl)cc6c5c4C4=C(c5ccccc5)C(C)CC=CN4C6c4ccc(Cl)cc4)c(OCCCN4CCCC4)n3)c1)c1c(C(=O)Nc3cccnc3OCCCN3CCCC3=O)[nH]c3cc(Cl)cc(c13)C2c1ccc(Cl)cc1. The van der Waals surface area contributed by atoms with Crippen LogP contribution in [-0.2, 0) is 4.79 Å². The summed E-state index contributed by atoms with van der Waals surface area (Å²) in [5, 5.41) is 10.6. The third kappa shape index (κ3) is 12.7. The molecule has 0 saturated carbocycles. The van der Waals surface area contributed by atoms with Crippen LogP contribution in [0.2, 0.25) is 20.1 Å². The Bertz CT molecular complexity index is 5040. The number of nitrogens with zero attached hydrogens (tertiary/aromatic N) is 6. The van der Waals surface area contributed by atoms with Gasteiger partial charge in [-0.05, 0) is 193 Å². The van der Waals surface area contributed by atoms with Gasteiger partial charge in [0.2, 0.25) is 17.7 Å². The van der Waals surface area contributed by atoms with Crippen molar-refractivity contribution in [1.29, 1.82) is 0 Å². The van der Waals surface area contributed by atoms with E-state index in [1.165, 1.54) is 12.8 Å². The van der Waals surface area contributed by atoms with Crippen LogP contribution in [0.4, 0.5) is 11.4 Å². The topological polar surface area (TPSA) is 164 Å². The Morgan fingerprint density at radius 1 is 0.554 bits per heavy atom. The highest BCUT2D eigenvalue weighted by Gasteiger charge is 2.42. The largest absolute Gasteiger partial charge is 0.476 e. The van der Waals surface area contributed by atoms with Gasteiger partial charge in [0, 0.05) is 103 Å². The molecule has 6 aliphatic heterocycles. The standard InChI is InChI=1S/C82H74Cl4N10O5/c1-48-15-10-39-95-75(51-23-27-55(83)28-24-51)59-44-57(85)46-64-69(59)71(77(95)67(48)50-17-4-3-5-18-50)73(88-64)80(99)91-63-32-31-61(92-82(63)101-41-13-36-93-34-6-7-35-93)53-19-8-20-54(43-53)68-49(2)16-11-40-96-76(52-25-29-56(84)30-26-52)60-45-58(86)47-65-70(60)72(78(68)96)74(89-65)79(98)90-62-21-9-33-87-81(62)100-42-14-38-94-37-12-22-66(94)97/h3-5,8-11,17-21,23-33,39-40,43-49,75-76,88-89H,6-7,12-16,22,34-38,41-42H2,1-2H3,(H,90,98)(H,91,99). The zero-order chi connectivity index (χ0) is 69.0. The van der Waals surface area contributed by atoms with Gasteiger partial charge in [-0.15, -0.1) is 0 Å². The fourth-order valence-electron chi connectivity index (χ4n) is 15.9. The highest BCUT2D eigenvalue weighted by Crippen LogP contribution is 2.56. The number of carbonyl (C=O) groups is 3. The van der Waals surface area contributed by atoms with Crippen LogP contribution in [0.25, 0.3) is 55.6 Å². The Labute approximate surface area is 606 Å². The first-order valence-electron chi connectivity index (χ1n) is 34.9. The van der Waals surface area contributed by atoms with Crippen LogP contribution in [0.15, 0.2) is 182 Å². The molecule has 15 nitrogen and oxygen atoms in total. The molecule has 6 aliphatic rings. The van der Waals surface area contributed by atoms with Crippen LogP contribution < -0.4 is 20.1 Å². The number of nitrogens with one attached hydrogen (secondary N) is 4. The van der Waals surface area contributed by atoms with Gasteiger partial charge in [0.15, 0.2) is 0 Å². The van der Waals surface area contributed by atoms with Crippen molar-refractivity contribution in [2.24, 2.45) is 11.8 Å². The number of aromatic nitrogens is 4. The van der Waals surface area contributed by atoms with Gasteiger partial charge in [0.05, 0.1) is 42.4 Å². The molecule has 16 rings (SSSR count). The van der Waals surface area contributed by atoms with E-state index in [1.54, 1.807) is 18.3 Å². The first kappa shape index (κ1) is 66.0. The molecular weight excluding hydrogens is 1350 g/mol. The lowest BCUT2D eigenvalue weighted by molar-refractivity contribution is -0.127. The maximum Gasteiger partial charge on any atom is 0.272 e. The molecule has 10 heterocycles. The van der Waals surface area contributed by atoms with Crippen LogP contribution in [0, 0.1) is 11.8 Å². The van der Waals surface area contributed by atoms with E-state index in [2.05, 4.69) is 127 Å². The third-order valence-corrected chi connectivity index (χ3v) is 21.4. The highest BCUT2D eigenvalue weighted by molar-refractivity contribution is 6.33. The molecule has 4 atom stereocenters. The minimum atomic E-state index is -0.400. The Hall–Kier alpha value is -9.61. The zero-order valence-electron chi connectivity index (χ0n) is 56.0. The fourth-order valence-corrected chi connectivity index (χ4v) is 16.6. The number of allylic oxidation sites excluding steroid dienone is 4. The van der Waals surface area contributed by atoms with E-state index < -0.39 is 11.9 Å². The number of carbonyl (C=O) groups excluding carboxylic acids is 3. The average molecular weight is 1420 g/mol. The second-order valence-electron chi connectivity index (χ2n) is 27.1. The minimum Gasteiger partial charge on any atom is -0.476 e. The van der Waals surface area contributed by atoms with Crippen molar-refractivity contribution in [1.82, 2.24) is 39.5 Å². The lowest BCUT2D eigenvalue weighted by Crippen LogP contribution is -2.29. The monoisotopic (exact) mass is 1420 g/mol. The Morgan fingerprint density at radius 2 is 1.10 bits per heavy atom. The summed E-state index contributed by atoms with van der Waals surface area (Å²) in [6.45, 7) is 9.47. The summed E-state index contributed by atoms with van der Waals surface area (Å²) in [5.41, 5.74) is 15.7. The van der Waals surface area contributed by atoms with Crippen LogP contribution in [-0.4, -0.2) is 103 Å². The summed E-state index contributed by atoms with van der Waals surface area (Å²) in [6.07, 6.45) is 17.0. The number of halogens is 4. The summed E-state index contributed by atoms with van der Waals surface area (Å²) >= 11 is 27.4. The van der Waals surface area contributed by atoms with Gasteiger partial charge in [0.1, 0.15) is 22.8 Å². The van der Waals surface area contributed by atoms with Gasteiger partial charge in [-0.2, -0.15) is 0 Å². The molecule has 101 heavy (non-hydrogen) atoms. The molecule has 4 N–H and O–H groups in total. The molecule has 0 spiro atoms. The molecule has 4 unspecified atom stereocenters. The molecule has 2 fully saturated rings. The molecule has 510 valence electrons. The number of hydrogen-bond donors (Lipinski definition) is 4. The zero-order valence-corrected chi connectivity index (χ0v) is 59.0. The van der Waals surface area contributed by atoms with Gasteiger partial charge in [-0.3, -0.25) is 14.4 Å². The van der Waals surface area contributed by atoms with Crippen molar-refractivity contribution in [3.05, 3.63) is 258 Å². The van der Waals surface area contributed by atoms with E-state index in [-0.39, 0.29) is 41.5 Å². The number of hydrogen-bond acceptors (Lipinski definition) is 10. The van der Waals surface area contributed by atoms with E-state index in [0.717, 1.165) is 129 Å². The van der Waals surface area contributed by atoms with Gasteiger partial charge < -0.3 is 49.7 Å². The fraction of sp³-hybridized carbons (Fsp3) is 0.256. The first-order chi connectivity index (χ1) is 49.3. The lowest BCUT2D eigenvalue weighted by atomic mass is 9.82. The molecule has 19 heteroatoms. The highest BCUT2D eigenvalue weighted by atomic mass is 35.5. The molecule has 4 aromatic heterocycles. The van der Waals surface area contributed by atoms with E-state index in [0.29, 0.717) is 98.6 Å². The van der Waals surface area contributed by atoms with E-state index >= 15 is 9.59 Å². The second-order valence-corrected chi connectivity index (χ2v) is 28.8. The molecule has 0 bridgehead atoms. The van der Waals surface area contributed by atoms with Gasteiger partial charge >= 0.3 is 0 Å². The summed E-state index contributed by atoms with van der Waals surface area (Å²) in [6, 6.07) is 49.2. The summed E-state index contributed by atoms with van der Waals surface area (Å²) in [7, 11) is 0. The quantitative estimate of drug-likeness (QED) is 0.0573. The van der Waals surface area contributed by atoms with Crippen molar-refractivity contribution in [2.45, 2.75) is 77.3 Å². The number of H-pyrrole nitrogens is 2. The number of pyridine rings is 2. The number of aromatic amines is 2. The minimum absolute atomic E-state index is 0.0753. The molecule has 6 aromatic carbocycles. The lowest BCUT2D eigenvalue weighted by Gasteiger charge is -2.39. The number of amides is 3. The summed E-state index contributed by atoms with van der Waals surface area (Å²) in [4.78, 5) is 69.6. The molecule has 0 aliphatic carbocycles. The number of ether oxygens (including phenoxy) is 2. The number of likely N-dealkylation sites (tertiary alicyclic amines) is 2. The summed E-state index contributed by atoms with van der Waals surface area (Å²) < 4.78 is 13.0. The molecule has 3 amide bonds. The number of rotatable bonds is 19. The smallest absolute Gasteiger partial charge is 0.272 e.